The van der Waals surface area contributed by atoms with E-state index < -0.39 is 0 Å². The fraction of sp³-hybridized carbons (Fsp3) is 0.214. The van der Waals surface area contributed by atoms with Gasteiger partial charge in [0.05, 0.1) is 17.2 Å². The Labute approximate surface area is 109 Å². The second kappa shape index (κ2) is 5.95. The molecule has 5 heteroatoms. The minimum atomic E-state index is -0.177. The van der Waals surface area contributed by atoms with Crippen molar-refractivity contribution < 1.29 is 9.21 Å². The van der Waals surface area contributed by atoms with Crippen LogP contribution in [0.3, 0.4) is 0 Å². The summed E-state index contributed by atoms with van der Waals surface area (Å²) in [6.07, 6.45) is 3.79. The van der Waals surface area contributed by atoms with Crippen LogP contribution in [0.5, 0.6) is 0 Å². The number of rotatable bonds is 4. The molecule has 5 nitrogen and oxygen atoms in total. The molecule has 1 aromatic carbocycles. The molecule has 0 saturated carbocycles. The first-order valence-corrected chi connectivity index (χ1v) is 6.05. The number of nitrogens with one attached hydrogen (secondary N) is 1. The van der Waals surface area contributed by atoms with E-state index in [2.05, 4.69) is 10.5 Å². The zero-order valence-corrected chi connectivity index (χ0v) is 10.6. The van der Waals surface area contributed by atoms with Crippen molar-refractivity contribution in [1.82, 2.24) is 5.43 Å². The highest BCUT2D eigenvalue weighted by atomic mass is 16.3. The van der Waals surface area contributed by atoms with Crippen LogP contribution in [-0.4, -0.2) is 12.1 Å². The van der Waals surface area contributed by atoms with Crippen molar-refractivity contribution in [2.24, 2.45) is 5.10 Å². The number of benzene rings is 1. The number of nitrogens with zero attached hydrogens (tertiary/aromatic N) is 1. The maximum absolute atomic E-state index is 12.1. The maximum atomic E-state index is 12.1. The van der Waals surface area contributed by atoms with Gasteiger partial charge in [-0.3, -0.25) is 9.59 Å². The molecule has 0 radical (unpaired) electrons. The second-order valence-electron chi connectivity index (χ2n) is 4.06. The molecule has 0 fully saturated rings. The maximum Gasteiger partial charge on any atom is 0.240 e. The number of hydrogen-bond acceptors (Lipinski definition) is 4. The highest BCUT2D eigenvalue weighted by molar-refractivity contribution is 5.87. The fourth-order valence-corrected chi connectivity index (χ4v) is 1.64. The molecule has 2 rings (SSSR count). The number of hydrogen-bond donors (Lipinski definition) is 1. The van der Waals surface area contributed by atoms with E-state index in [4.69, 9.17) is 4.42 Å². The standard InChI is InChI=1S/C14H14N2O3/c1-2-5-13(17)16-15-8-10-9-19-12-7-4-3-6-11(12)14(10)18/h3-4,6-9H,2,5H2,1H3,(H,16,17)/b15-8+. The average molecular weight is 258 g/mol. The third kappa shape index (κ3) is 3.07. The minimum Gasteiger partial charge on any atom is -0.463 e. The Bertz CT molecular complexity index is 674. The largest absolute Gasteiger partial charge is 0.463 e. The predicted molar refractivity (Wildman–Crippen MR) is 73.1 cm³/mol. The summed E-state index contributed by atoms with van der Waals surface area (Å²) in [5.41, 5.74) is 3.02. The highest BCUT2D eigenvalue weighted by Crippen LogP contribution is 2.09. The molecule has 0 saturated heterocycles. The van der Waals surface area contributed by atoms with Gasteiger partial charge in [0.2, 0.25) is 11.3 Å². The monoisotopic (exact) mass is 258 g/mol. The van der Waals surface area contributed by atoms with Gasteiger partial charge in [0.25, 0.3) is 0 Å². The van der Waals surface area contributed by atoms with Crippen molar-refractivity contribution in [3.8, 4) is 0 Å². The van der Waals surface area contributed by atoms with Crippen LogP contribution >= 0.6 is 0 Å². The van der Waals surface area contributed by atoms with Crippen LogP contribution in [0.4, 0.5) is 0 Å². The van der Waals surface area contributed by atoms with E-state index in [9.17, 15) is 9.59 Å². The summed E-state index contributed by atoms with van der Waals surface area (Å²) in [5.74, 6) is -0.177. The van der Waals surface area contributed by atoms with Gasteiger partial charge in [-0.1, -0.05) is 19.1 Å². The van der Waals surface area contributed by atoms with Gasteiger partial charge in [-0.05, 0) is 18.6 Å². The predicted octanol–water partition coefficient (Wildman–Crippen LogP) is 2.04. The van der Waals surface area contributed by atoms with Crippen LogP contribution in [-0.2, 0) is 4.79 Å². The van der Waals surface area contributed by atoms with Crippen molar-refractivity contribution >= 4 is 23.1 Å². The van der Waals surface area contributed by atoms with Crippen molar-refractivity contribution in [3.05, 3.63) is 46.3 Å². The van der Waals surface area contributed by atoms with Gasteiger partial charge < -0.3 is 4.42 Å². The first kappa shape index (κ1) is 13.0. The Morgan fingerprint density at radius 3 is 3.00 bits per heavy atom. The topological polar surface area (TPSA) is 71.7 Å². The molecule has 0 spiro atoms. The van der Waals surface area contributed by atoms with Gasteiger partial charge in [-0.2, -0.15) is 5.10 Å². The lowest BCUT2D eigenvalue weighted by Crippen LogP contribution is -2.17. The number of amides is 1. The molecule has 98 valence electrons. The van der Waals surface area contributed by atoms with Crippen LogP contribution in [0.1, 0.15) is 25.3 Å². The zero-order valence-electron chi connectivity index (χ0n) is 10.6. The molecule has 0 unspecified atom stereocenters. The number of carbonyl (C=O) groups is 1. The molecule has 0 bridgehead atoms. The third-order valence-corrected chi connectivity index (χ3v) is 2.58. The lowest BCUT2D eigenvalue weighted by Gasteiger charge is -1.98. The Morgan fingerprint density at radius 2 is 2.21 bits per heavy atom. The third-order valence-electron chi connectivity index (χ3n) is 2.58. The van der Waals surface area contributed by atoms with Gasteiger partial charge >= 0.3 is 0 Å². The molecule has 0 aliphatic rings. The van der Waals surface area contributed by atoms with Crippen LogP contribution < -0.4 is 10.9 Å². The SMILES string of the molecule is CCCC(=O)N/N=C/c1coc2ccccc2c1=O. The Hall–Kier alpha value is -2.43. The van der Waals surface area contributed by atoms with Gasteiger partial charge in [-0.15, -0.1) is 0 Å². The summed E-state index contributed by atoms with van der Waals surface area (Å²) in [7, 11) is 0. The summed E-state index contributed by atoms with van der Waals surface area (Å²) >= 11 is 0. The molecule has 0 atom stereocenters. The van der Waals surface area contributed by atoms with Crippen molar-refractivity contribution in [2.75, 3.05) is 0 Å². The van der Waals surface area contributed by atoms with Gasteiger partial charge in [0, 0.05) is 6.42 Å². The summed E-state index contributed by atoms with van der Waals surface area (Å²) < 4.78 is 5.32. The van der Waals surface area contributed by atoms with Crippen molar-refractivity contribution in [1.29, 1.82) is 0 Å². The fourth-order valence-electron chi connectivity index (χ4n) is 1.64. The quantitative estimate of drug-likeness (QED) is 0.673. The van der Waals surface area contributed by atoms with E-state index in [0.717, 1.165) is 6.42 Å². The van der Waals surface area contributed by atoms with E-state index >= 15 is 0 Å². The van der Waals surface area contributed by atoms with Crippen molar-refractivity contribution in [3.63, 3.8) is 0 Å². The Balaban J connectivity index is 2.22. The van der Waals surface area contributed by atoms with Crippen LogP contribution in [0, 0.1) is 0 Å². The number of carbonyl (C=O) groups excluding carboxylic acids is 1. The van der Waals surface area contributed by atoms with E-state index in [1.165, 1.54) is 12.5 Å². The number of para-hydroxylation sites is 1. The summed E-state index contributed by atoms with van der Waals surface area (Å²) in [6.45, 7) is 1.90. The zero-order chi connectivity index (χ0) is 13.7. The van der Waals surface area contributed by atoms with E-state index in [-0.39, 0.29) is 11.3 Å². The Morgan fingerprint density at radius 1 is 1.42 bits per heavy atom. The van der Waals surface area contributed by atoms with Crippen molar-refractivity contribution in [2.45, 2.75) is 19.8 Å². The molecule has 0 aliphatic heterocycles. The molecular weight excluding hydrogens is 244 g/mol. The molecule has 2 aromatic rings. The number of fused-ring (bicyclic) bond motifs is 1. The molecule has 0 aliphatic carbocycles. The lowest BCUT2D eigenvalue weighted by atomic mass is 10.2. The minimum absolute atomic E-state index is 0.171. The molecule has 1 N–H and O–H groups in total. The smallest absolute Gasteiger partial charge is 0.240 e. The Kier molecular flexibility index (Phi) is 4.07. The first-order valence-electron chi connectivity index (χ1n) is 6.05. The first-order chi connectivity index (χ1) is 9.22. The summed E-state index contributed by atoms with van der Waals surface area (Å²) in [5, 5.41) is 4.24. The summed E-state index contributed by atoms with van der Waals surface area (Å²) in [4.78, 5) is 23.3. The molecule has 1 aromatic heterocycles. The molecule has 1 heterocycles. The molecule has 19 heavy (non-hydrogen) atoms. The number of hydrazone groups is 1. The van der Waals surface area contributed by atoms with Gasteiger partial charge in [0.1, 0.15) is 11.8 Å². The van der Waals surface area contributed by atoms with Crippen LogP contribution in [0.2, 0.25) is 0 Å². The molecular formula is C14H14N2O3. The van der Waals surface area contributed by atoms with E-state index in [1.807, 2.05) is 6.92 Å². The summed E-state index contributed by atoms with van der Waals surface area (Å²) in [6, 6.07) is 6.97. The average Bonchev–Trinajstić information content (AvgIpc) is 2.42. The van der Waals surface area contributed by atoms with Crippen LogP contribution in [0.25, 0.3) is 11.0 Å². The lowest BCUT2D eigenvalue weighted by molar-refractivity contribution is -0.121. The normalized spacial score (nSPS) is 11.0. The highest BCUT2D eigenvalue weighted by Gasteiger charge is 2.04. The van der Waals surface area contributed by atoms with Gasteiger partial charge in [-0.25, -0.2) is 5.43 Å². The second-order valence-corrected chi connectivity index (χ2v) is 4.06. The van der Waals surface area contributed by atoms with Crippen LogP contribution in [0.15, 0.2) is 44.8 Å². The van der Waals surface area contributed by atoms with E-state index in [1.54, 1.807) is 24.3 Å². The van der Waals surface area contributed by atoms with E-state index in [0.29, 0.717) is 23.0 Å². The molecule has 1 amide bonds. The van der Waals surface area contributed by atoms with Gasteiger partial charge in [0.15, 0.2) is 0 Å².